The Balaban J connectivity index is 2.00. The Bertz CT molecular complexity index is 982. The number of carbonyl (C=O) groups excluding carboxylic acids is 2. The molecule has 1 aliphatic rings. The van der Waals surface area contributed by atoms with E-state index >= 15 is 0 Å². The summed E-state index contributed by atoms with van der Waals surface area (Å²) in [4.78, 5) is 27.4. The number of benzene rings is 2. The van der Waals surface area contributed by atoms with Crippen LogP contribution in [0.2, 0.25) is 0 Å². The van der Waals surface area contributed by atoms with Crippen LogP contribution >= 0.6 is 15.9 Å². The third-order valence-electron chi connectivity index (χ3n) is 5.18. The Morgan fingerprint density at radius 3 is 2.34 bits per heavy atom. The van der Waals surface area contributed by atoms with Crippen molar-refractivity contribution in [3.8, 4) is 5.75 Å². The number of carbonyl (C=O) groups is 2. The largest absolute Gasteiger partial charge is 0.507 e. The fraction of sp³-hybridized carbons (Fsp3) is 0.360. The lowest BCUT2D eigenvalue weighted by Gasteiger charge is -2.25. The van der Waals surface area contributed by atoms with Crippen molar-refractivity contribution in [2.24, 2.45) is 5.92 Å². The number of hydrogen-bond acceptors (Lipinski definition) is 5. The van der Waals surface area contributed by atoms with Crippen molar-refractivity contribution in [3.63, 3.8) is 0 Å². The van der Waals surface area contributed by atoms with E-state index in [4.69, 9.17) is 9.47 Å². The van der Waals surface area contributed by atoms with Crippen molar-refractivity contribution in [2.45, 2.75) is 26.3 Å². The van der Waals surface area contributed by atoms with E-state index < -0.39 is 17.7 Å². The number of rotatable bonds is 9. The number of methoxy groups -OCH3 is 1. The van der Waals surface area contributed by atoms with Gasteiger partial charge in [-0.05, 0) is 54.3 Å². The van der Waals surface area contributed by atoms with Crippen LogP contribution in [0.4, 0.5) is 0 Å². The lowest BCUT2D eigenvalue weighted by Crippen LogP contribution is -2.31. The van der Waals surface area contributed by atoms with Gasteiger partial charge in [-0.25, -0.2) is 0 Å². The monoisotopic (exact) mass is 501 g/mol. The predicted molar refractivity (Wildman–Crippen MR) is 126 cm³/mol. The molecule has 1 unspecified atom stereocenters. The Kier molecular flexibility index (Phi) is 8.10. The van der Waals surface area contributed by atoms with Gasteiger partial charge in [0.2, 0.25) is 0 Å². The molecule has 2 aromatic rings. The number of ether oxygens (including phenoxy) is 2. The van der Waals surface area contributed by atoms with Gasteiger partial charge in [-0.3, -0.25) is 9.59 Å². The number of ketones is 1. The van der Waals surface area contributed by atoms with Crippen LogP contribution in [-0.2, 0) is 14.3 Å². The summed E-state index contributed by atoms with van der Waals surface area (Å²) in [6.45, 7) is 5.52. The summed E-state index contributed by atoms with van der Waals surface area (Å²) >= 11 is 3.42. The lowest BCUT2D eigenvalue weighted by molar-refractivity contribution is -0.140. The molecule has 0 saturated carbocycles. The fourth-order valence-corrected chi connectivity index (χ4v) is 3.87. The molecule has 1 amide bonds. The van der Waals surface area contributed by atoms with Gasteiger partial charge in [-0.2, -0.15) is 0 Å². The van der Waals surface area contributed by atoms with Crippen molar-refractivity contribution in [2.75, 3.05) is 26.9 Å². The molecule has 32 heavy (non-hydrogen) atoms. The van der Waals surface area contributed by atoms with Crippen LogP contribution in [0.25, 0.3) is 5.76 Å². The summed E-state index contributed by atoms with van der Waals surface area (Å²) in [6.07, 6.45) is 0.582. The predicted octanol–water partition coefficient (Wildman–Crippen LogP) is 4.94. The van der Waals surface area contributed by atoms with Gasteiger partial charge in [0.1, 0.15) is 11.5 Å². The first-order valence-electron chi connectivity index (χ1n) is 10.6. The minimum absolute atomic E-state index is 0.0885. The van der Waals surface area contributed by atoms with Crippen molar-refractivity contribution in [1.82, 2.24) is 4.90 Å². The first kappa shape index (κ1) is 24.0. The molecule has 170 valence electrons. The van der Waals surface area contributed by atoms with Crippen molar-refractivity contribution in [3.05, 3.63) is 69.7 Å². The second-order valence-corrected chi connectivity index (χ2v) is 9.04. The normalized spacial score (nSPS) is 17.9. The zero-order valence-electron chi connectivity index (χ0n) is 18.5. The first-order valence-corrected chi connectivity index (χ1v) is 11.4. The van der Waals surface area contributed by atoms with Crippen LogP contribution in [0.1, 0.15) is 37.4 Å². The second kappa shape index (κ2) is 10.8. The Morgan fingerprint density at radius 2 is 1.75 bits per heavy atom. The van der Waals surface area contributed by atoms with Gasteiger partial charge in [0.05, 0.1) is 18.2 Å². The van der Waals surface area contributed by atoms with Crippen molar-refractivity contribution < 1.29 is 24.2 Å². The number of aliphatic hydroxyl groups excluding tert-OH is 1. The standard InChI is InChI=1S/C25H28BrNO5/c1-16(2)15-32-20-11-7-18(8-12-20)23(28)21-22(17-5-9-19(26)10-6-17)27(13-4-14-31-3)25(30)24(21)29/h5-12,16,22,28H,4,13-15H2,1-3H3/b23-21+. The molecule has 2 aromatic carbocycles. The van der Waals surface area contributed by atoms with E-state index in [9.17, 15) is 14.7 Å². The number of halogens is 1. The van der Waals surface area contributed by atoms with Gasteiger partial charge in [0.25, 0.3) is 11.7 Å². The molecular weight excluding hydrogens is 474 g/mol. The Labute approximate surface area is 197 Å². The molecule has 1 aliphatic heterocycles. The zero-order valence-corrected chi connectivity index (χ0v) is 20.1. The number of likely N-dealkylation sites (tertiary alicyclic amines) is 1. The average Bonchev–Trinajstić information content (AvgIpc) is 3.03. The van der Waals surface area contributed by atoms with Crippen LogP contribution in [0, 0.1) is 5.92 Å². The lowest BCUT2D eigenvalue weighted by atomic mass is 9.95. The van der Waals surface area contributed by atoms with Gasteiger partial charge >= 0.3 is 0 Å². The van der Waals surface area contributed by atoms with Crippen LogP contribution < -0.4 is 4.74 Å². The summed E-state index contributed by atoms with van der Waals surface area (Å²) in [5.41, 5.74) is 1.30. The Hall–Kier alpha value is -2.64. The number of aliphatic hydroxyl groups is 1. The summed E-state index contributed by atoms with van der Waals surface area (Å²) in [5, 5.41) is 11.1. The average molecular weight is 502 g/mol. The highest BCUT2D eigenvalue weighted by Crippen LogP contribution is 2.39. The minimum atomic E-state index is -0.687. The number of nitrogens with zero attached hydrogens (tertiary/aromatic N) is 1. The van der Waals surface area contributed by atoms with E-state index in [2.05, 4.69) is 29.8 Å². The minimum Gasteiger partial charge on any atom is -0.507 e. The molecule has 3 rings (SSSR count). The van der Waals surface area contributed by atoms with E-state index in [1.807, 2.05) is 24.3 Å². The topological polar surface area (TPSA) is 76.1 Å². The maximum atomic E-state index is 13.0. The molecule has 0 radical (unpaired) electrons. The molecule has 1 atom stereocenters. The van der Waals surface area contributed by atoms with E-state index in [0.29, 0.717) is 43.4 Å². The smallest absolute Gasteiger partial charge is 0.295 e. The van der Waals surface area contributed by atoms with E-state index in [0.717, 1.165) is 10.0 Å². The van der Waals surface area contributed by atoms with Crippen LogP contribution in [0.5, 0.6) is 5.75 Å². The first-order chi connectivity index (χ1) is 15.3. The molecule has 0 aromatic heterocycles. The maximum absolute atomic E-state index is 13.0. The highest BCUT2D eigenvalue weighted by atomic mass is 79.9. The molecule has 6 nitrogen and oxygen atoms in total. The highest BCUT2D eigenvalue weighted by Gasteiger charge is 2.45. The second-order valence-electron chi connectivity index (χ2n) is 8.12. The highest BCUT2D eigenvalue weighted by molar-refractivity contribution is 9.10. The fourth-order valence-electron chi connectivity index (χ4n) is 3.61. The zero-order chi connectivity index (χ0) is 23.3. The number of hydrogen-bond donors (Lipinski definition) is 1. The molecule has 0 aliphatic carbocycles. The number of Topliss-reactive ketones (excluding diaryl/α,β-unsaturated/α-hetero) is 1. The summed E-state index contributed by atoms with van der Waals surface area (Å²) < 4.78 is 11.7. The summed E-state index contributed by atoms with van der Waals surface area (Å²) in [5.74, 6) is -0.427. The van der Waals surface area contributed by atoms with Gasteiger partial charge in [0.15, 0.2) is 0 Å². The molecule has 1 saturated heterocycles. The summed E-state index contributed by atoms with van der Waals surface area (Å²) in [7, 11) is 1.59. The molecule has 0 spiro atoms. The third kappa shape index (κ3) is 5.40. The van der Waals surface area contributed by atoms with Crippen LogP contribution in [-0.4, -0.2) is 48.6 Å². The third-order valence-corrected chi connectivity index (χ3v) is 5.71. The molecule has 0 bridgehead atoms. The van der Waals surface area contributed by atoms with Gasteiger partial charge in [-0.15, -0.1) is 0 Å². The molecule has 1 N–H and O–H groups in total. The quantitative estimate of drug-likeness (QED) is 0.228. The van der Waals surface area contributed by atoms with Crippen LogP contribution in [0.3, 0.4) is 0 Å². The number of amides is 1. The van der Waals surface area contributed by atoms with E-state index in [1.165, 1.54) is 4.90 Å². The maximum Gasteiger partial charge on any atom is 0.295 e. The van der Waals surface area contributed by atoms with E-state index in [1.54, 1.807) is 31.4 Å². The van der Waals surface area contributed by atoms with Gasteiger partial charge < -0.3 is 19.5 Å². The Morgan fingerprint density at radius 1 is 1.09 bits per heavy atom. The molecule has 1 heterocycles. The molecular formula is C25H28BrNO5. The van der Waals surface area contributed by atoms with Crippen molar-refractivity contribution in [1.29, 1.82) is 0 Å². The summed E-state index contributed by atoms with van der Waals surface area (Å²) in [6, 6.07) is 13.6. The van der Waals surface area contributed by atoms with Gasteiger partial charge in [0, 0.05) is 30.3 Å². The van der Waals surface area contributed by atoms with Gasteiger partial charge in [-0.1, -0.05) is 41.9 Å². The molecule has 1 fully saturated rings. The van der Waals surface area contributed by atoms with E-state index in [-0.39, 0.29) is 11.3 Å². The van der Waals surface area contributed by atoms with Crippen LogP contribution in [0.15, 0.2) is 58.6 Å². The van der Waals surface area contributed by atoms with Crippen molar-refractivity contribution >= 4 is 33.4 Å². The molecule has 7 heteroatoms. The SMILES string of the molecule is COCCCN1C(=O)C(=O)/C(=C(/O)c2ccc(OCC(C)C)cc2)C1c1ccc(Br)cc1.